The number of para-hydroxylation sites is 1. The molecule has 0 N–H and O–H groups in total. The Morgan fingerprint density at radius 2 is 1.81 bits per heavy atom. The van der Waals surface area contributed by atoms with Gasteiger partial charge in [-0.1, -0.05) is 36.0 Å². The molecule has 0 aliphatic rings. The molecule has 0 saturated carbocycles. The van der Waals surface area contributed by atoms with E-state index in [0.717, 1.165) is 23.9 Å². The van der Waals surface area contributed by atoms with Crippen molar-refractivity contribution in [3.05, 3.63) is 65.9 Å². The number of nitrogens with zero attached hydrogens (tertiary/aromatic N) is 3. The minimum absolute atomic E-state index is 0.410. The van der Waals surface area contributed by atoms with E-state index < -0.39 is 11.7 Å². The molecule has 0 saturated heterocycles. The predicted molar refractivity (Wildman–Crippen MR) is 98.2 cm³/mol. The third-order valence-electron chi connectivity index (χ3n) is 3.90. The lowest BCUT2D eigenvalue weighted by Gasteiger charge is -2.19. The highest BCUT2D eigenvalue weighted by Gasteiger charge is 2.31. The number of amides is 1. The third-order valence-corrected chi connectivity index (χ3v) is 5.04. The molecule has 0 spiro atoms. The van der Waals surface area contributed by atoms with E-state index in [9.17, 15) is 18.0 Å². The number of aryl methyl sites for hydroxylation is 2. The van der Waals surface area contributed by atoms with Gasteiger partial charge in [-0.3, -0.25) is 14.4 Å². The van der Waals surface area contributed by atoms with Crippen molar-refractivity contribution < 1.29 is 18.0 Å². The summed E-state index contributed by atoms with van der Waals surface area (Å²) < 4.78 is 40.5. The number of aromatic nitrogens is 2. The van der Waals surface area contributed by atoms with E-state index in [-0.39, 0.29) is 0 Å². The zero-order valence-electron chi connectivity index (χ0n) is 14.6. The summed E-state index contributed by atoms with van der Waals surface area (Å²) in [7, 11) is 1.69. The van der Waals surface area contributed by atoms with Gasteiger partial charge in [0.1, 0.15) is 10.7 Å². The lowest BCUT2D eigenvalue weighted by Crippen LogP contribution is -2.15. The molecule has 0 unspecified atom stereocenters. The zero-order chi connectivity index (χ0) is 19.6. The fraction of sp³-hybridized carbons (Fsp3) is 0.158. The Morgan fingerprint density at radius 1 is 1.11 bits per heavy atom. The molecule has 4 nitrogen and oxygen atoms in total. The Hall–Kier alpha value is -2.74. The summed E-state index contributed by atoms with van der Waals surface area (Å²) in [4.78, 5) is 13.6. The molecule has 3 rings (SSSR count). The van der Waals surface area contributed by atoms with E-state index in [1.54, 1.807) is 49.0 Å². The van der Waals surface area contributed by atoms with Crippen LogP contribution in [0.5, 0.6) is 0 Å². The minimum Gasteiger partial charge on any atom is -0.279 e. The van der Waals surface area contributed by atoms with Gasteiger partial charge in [-0.15, -0.1) is 0 Å². The molecule has 1 amide bonds. The van der Waals surface area contributed by atoms with Gasteiger partial charge in [0, 0.05) is 17.6 Å². The van der Waals surface area contributed by atoms with Crippen LogP contribution in [0.1, 0.15) is 11.3 Å². The minimum atomic E-state index is -4.42. The summed E-state index contributed by atoms with van der Waals surface area (Å²) in [6.07, 6.45) is -3.74. The van der Waals surface area contributed by atoms with Crippen LogP contribution in [-0.2, 0) is 18.0 Å². The topological polar surface area (TPSA) is 38.1 Å². The van der Waals surface area contributed by atoms with Gasteiger partial charge < -0.3 is 0 Å². The highest BCUT2D eigenvalue weighted by molar-refractivity contribution is 7.99. The van der Waals surface area contributed by atoms with Crippen molar-refractivity contribution in [2.24, 2.45) is 7.05 Å². The van der Waals surface area contributed by atoms with Crippen LogP contribution < -0.4 is 4.90 Å². The molecule has 0 fully saturated rings. The average Bonchev–Trinajstić information content (AvgIpc) is 2.90. The van der Waals surface area contributed by atoms with Crippen molar-refractivity contribution in [1.82, 2.24) is 9.78 Å². The Bertz CT molecular complexity index is 955. The van der Waals surface area contributed by atoms with Gasteiger partial charge in [-0.05, 0) is 37.3 Å². The number of carbonyl (C=O) groups is 1. The van der Waals surface area contributed by atoms with E-state index >= 15 is 0 Å². The molecule has 2 aromatic carbocycles. The van der Waals surface area contributed by atoms with Crippen LogP contribution in [-0.4, -0.2) is 16.2 Å². The van der Waals surface area contributed by atoms with E-state index in [0.29, 0.717) is 33.4 Å². The Balaban J connectivity index is 2.04. The number of anilines is 2. The molecular weight excluding hydrogens is 375 g/mol. The van der Waals surface area contributed by atoms with Crippen molar-refractivity contribution in [2.75, 3.05) is 4.90 Å². The predicted octanol–water partition coefficient (Wildman–Crippen LogP) is 5.19. The molecular formula is C19H16F3N3OS. The molecule has 3 aromatic rings. The van der Waals surface area contributed by atoms with Crippen LogP contribution in [0.4, 0.5) is 24.5 Å². The number of hydrogen-bond donors (Lipinski definition) is 0. The normalized spacial score (nSPS) is 11.4. The van der Waals surface area contributed by atoms with Crippen molar-refractivity contribution in [3.8, 4) is 0 Å². The van der Waals surface area contributed by atoms with E-state index in [1.165, 1.54) is 11.0 Å². The summed E-state index contributed by atoms with van der Waals surface area (Å²) in [5.74, 6) is 0. The first kappa shape index (κ1) is 19.0. The monoisotopic (exact) mass is 391 g/mol. The van der Waals surface area contributed by atoms with E-state index in [2.05, 4.69) is 5.10 Å². The SMILES string of the molecule is Cc1nn(C)c(Sc2cccc(C(F)(F)F)c2)c1N(C=O)c1ccccc1. The summed E-state index contributed by atoms with van der Waals surface area (Å²) in [5.41, 5.74) is 1.07. The number of hydrogen-bond acceptors (Lipinski definition) is 3. The average molecular weight is 391 g/mol. The maximum Gasteiger partial charge on any atom is 0.416 e. The van der Waals surface area contributed by atoms with Gasteiger partial charge in [0.05, 0.1) is 11.3 Å². The van der Waals surface area contributed by atoms with Crippen LogP contribution >= 0.6 is 11.8 Å². The van der Waals surface area contributed by atoms with Gasteiger partial charge in [0.15, 0.2) is 0 Å². The molecule has 0 bridgehead atoms. The standard InChI is InChI=1S/C19H16F3N3OS/c1-13-17(25(12-26)15-8-4-3-5-9-15)18(24(2)23-13)27-16-10-6-7-14(11-16)19(20,21)22/h3-12H,1-2H3. The van der Waals surface area contributed by atoms with Crippen LogP contribution in [0.3, 0.4) is 0 Å². The number of alkyl halides is 3. The largest absolute Gasteiger partial charge is 0.416 e. The quantitative estimate of drug-likeness (QED) is 0.562. The summed E-state index contributed by atoms with van der Waals surface area (Å²) in [5, 5.41) is 4.92. The maximum absolute atomic E-state index is 13.0. The number of rotatable bonds is 5. The third kappa shape index (κ3) is 4.00. The molecule has 27 heavy (non-hydrogen) atoms. The number of halogens is 3. The van der Waals surface area contributed by atoms with E-state index in [1.807, 2.05) is 6.07 Å². The first-order valence-corrected chi connectivity index (χ1v) is 8.81. The van der Waals surface area contributed by atoms with Crippen LogP contribution in [0.2, 0.25) is 0 Å². The van der Waals surface area contributed by atoms with Gasteiger partial charge >= 0.3 is 6.18 Å². The molecule has 1 heterocycles. The summed E-state index contributed by atoms with van der Waals surface area (Å²) in [6, 6.07) is 14.1. The van der Waals surface area contributed by atoms with Gasteiger partial charge in [0.2, 0.25) is 6.41 Å². The van der Waals surface area contributed by atoms with Crippen molar-refractivity contribution >= 4 is 29.5 Å². The second kappa shape index (κ2) is 7.48. The van der Waals surface area contributed by atoms with Gasteiger partial charge in [-0.25, -0.2) is 0 Å². The molecule has 8 heteroatoms. The highest BCUT2D eigenvalue weighted by atomic mass is 32.2. The van der Waals surface area contributed by atoms with Gasteiger partial charge in [0.25, 0.3) is 0 Å². The molecule has 0 atom stereocenters. The Morgan fingerprint density at radius 3 is 2.44 bits per heavy atom. The summed E-state index contributed by atoms with van der Waals surface area (Å²) >= 11 is 1.13. The Labute approximate surface area is 158 Å². The molecule has 140 valence electrons. The molecule has 0 aliphatic heterocycles. The number of carbonyl (C=O) groups excluding carboxylic acids is 1. The first-order chi connectivity index (χ1) is 12.8. The first-order valence-electron chi connectivity index (χ1n) is 7.99. The second-order valence-electron chi connectivity index (χ2n) is 5.80. The molecule has 0 aliphatic carbocycles. The van der Waals surface area contributed by atoms with Crippen LogP contribution in [0.25, 0.3) is 0 Å². The van der Waals surface area contributed by atoms with Crippen LogP contribution in [0, 0.1) is 6.92 Å². The second-order valence-corrected chi connectivity index (χ2v) is 6.86. The fourth-order valence-corrected chi connectivity index (χ4v) is 3.77. The number of benzene rings is 2. The lowest BCUT2D eigenvalue weighted by atomic mass is 10.2. The fourth-order valence-electron chi connectivity index (χ4n) is 2.70. The zero-order valence-corrected chi connectivity index (χ0v) is 15.4. The molecule has 1 aromatic heterocycles. The smallest absolute Gasteiger partial charge is 0.279 e. The lowest BCUT2D eigenvalue weighted by molar-refractivity contribution is -0.137. The maximum atomic E-state index is 13.0. The highest BCUT2D eigenvalue weighted by Crippen LogP contribution is 2.41. The summed E-state index contributed by atoms with van der Waals surface area (Å²) in [6.45, 7) is 1.75. The van der Waals surface area contributed by atoms with Crippen molar-refractivity contribution in [1.29, 1.82) is 0 Å². The van der Waals surface area contributed by atoms with Crippen molar-refractivity contribution in [3.63, 3.8) is 0 Å². The Kier molecular flexibility index (Phi) is 5.27. The van der Waals surface area contributed by atoms with Crippen molar-refractivity contribution in [2.45, 2.75) is 23.0 Å². The molecule has 0 radical (unpaired) electrons. The van der Waals surface area contributed by atoms with Gasteiger partial charge in [-0.2, -0.15) is 18.3 Å². The van der Waals surface area contributed by atoms with Crippen LogP contribution in [0.15, 0.2) is 64.5 Å². The van der Waals surface area contributed by atoms with E-state index in [4.69, 9.17) is 0 Å².